The fraction of sp³-hybridized carbons (Fsp3) is 0.167. The third-order valence-electron chi connectivity index (χ3n) is 2.49. The average Bonchev–Trinajstić information content (AvgIpc) is 2.72. The molecule has 18 heavy (non-hydrogen) atoms. The maximum atomic E-state index is 11.9. The summed E-state index contributed by atoms with van der Waals surface area (Å²) < 4.78 is 0. The van der Waals surface area contributed by atoms with Gasteiger partial charge >= 0.3 is 0 Å². The lowest BCUT2D eigenvalue weighted by Crippen LogP contribution is -2.23. The van der Waals surface area contributed by atoms with Gasteiger partial charge in [0.1, 0.15) is 0 Å². The normalized spacial score (nSPS) is 10.3. The zero-order chi connectivity index (χ0) is 13.1. The highest BCUT2D eigenvalue weighted by Gasteiger charge is 2.11. The first-order valence-corrected chi connectivity index (χ1v) is 6.56. The molecule has 94 valence electrons. The summed E-state index contributed by atoms with van der Waals surface area (Å²) in [7, 11) is 0. The van der Waals surface area contributed by atoms with Gasteiger partial charge in [0.15, 0.2) is 0 Å². The second-order valence-corrected chi connectivity index (χ2v) is 5.13. The van der Waals surface area contributed by atoms with E-state index in [9.17, 15) is 4.79 Å². The number of aromatic nitrogens is 1. The van der Waals surface area contributed by atoms with Crippen LogP contribution in [0, 0.1) is 6.92 Å². The van der Waals surface area contributed by atoms with Gasteiger partial charge in [-0.2, -0.15) is 0 Å². The molecule has 0 unspecified atom stereocenters. The number of nitrogens with one attached hydrogen (secondary N) is 1. The van der Waals surface area contributed by atoms with E-state index >= 15 is 0 Å². The molecule has 1 aromatic carbocycles. The van der Waals surface area contributed by atoms with Crippen molar-refractivity contribution in [3.63, 3.8) is 0 Å². The van der Waals surface area contributed by atoms with Crippen molar-refractivity contribution in [2.75, 3.05) is 5.73 Å². The van der Waals surface area contributed by atoms with Crippen LogP contribution in [-0.4, -0.2) is 10.9 Å². The van der Waals surface area contributed by atoms with Gasteiger partial charge < -0.3 is 11.1 Å². The Hall–Kier alpha value is -1.59. The summed E-state index contributed by atoms with van der Waals surface area (Å²) >= 11 is 7.48. The minimum Gasteiger partial charge on any atom is -0.399 e. The molecule has 2 rings (SSSR count). The molecule has 0 bridgehead atoms. The highest BCUT2D eigenvalue weighted by molar-refractivity contribution is 7.09. The predicted molar refractivity (Wildman–Crippen MR) is 73.9 cm³/mol. The van der Waals surface area contributed by atoms with Crippen LogP contribution in [0.2, 0.25) is 5.02 Å². The Labute approximate surface area is 114 Å². The molecule has 6 heteroatoms. The number of carbonyl (C=O) groups excluding carboxylic acids is 1. The summed E-state index contributed by atoms with van der Waals surface area (Å²) in [4.78, 5) is 17.1. The van der Waals surface area contributed by atoms with Crippen LogP contribution in [0.1, 0.15) is 20.9 Å². The third kappa shape index (κ3) is 2.80. The molecule has 1 aromatic heterocycles. The van der Waals surface area contributed by atoms with Gasteiger partial charge in [-0.3, -0.25) is 4.79 Å². The number of nitrogen functional groups attached to an aromatic ring is 1. The number of hydrogen-bond donors (Lipinski definition) is 2. The lowest BCUT2D eigenvalue weighted by molar-refractivity contribution is 0.0951. The van der Waals surface area contributed by atoms with Crippen molar-refractivity contribution in [1.82, 2.24) is 10.3 Å². The number of nitrogens with zero attached hydrogens (tertiary/aromatic N) is 1. The molecule has 0 fully saturated rings. The Bertz CT molecular complexity index is 582. The zero-order valence-corrected chi connectivity index (χ0v) is 11.3. The Morgan fingerprint density at radius 3 is 2.94 bits per heavy atom. The van der Waals surface area contributed by atoms with Crippen LogP contribution in [0.5, 0.6) is 0 Å². The van der Waals surface area contributed by atoms with Crippen molar-refractivity contribution in [2.45, 2.75) is 13.5 Å². The van der Waals surface area contributed by atoms with Crippen molar-refractivity contribution in [2.24, 2.45) is 0 Å². The molecule has 0 saturated carbocycles. The van der Waals surface area contributed by atoms with Crippen molar-refractivity contribution < 1.29 is 4.79 Å². The smallest absolute Gasteiger partial charge is 0.253 e. The zero-order valence-electron chi connectivity index (χ0n) is 9.74. The summed E-state index contributed by atoms with van der Waals surface area (Å²) in [6.45, 7) is 2.37. The molecule has 4 nitrogen and oxygen atoms in total. The van der Waals surface area contributed by atoms with Crippen LogP contribution in [0.25, 0.3) is 0 Å². The summed E-state index contributed by atoms with van der Waals surface area (Å²) in [5, 5.41) is 3.16. The number of rotatable bonds is 3. The SMILES string of the molecule is Cc1ncsc1CNC(=O)c1ccc(N)cc1Cl. The summed E-state index contributed by atoms with van der Waals surface area (Å²) in [6, 6.07) is 4.83. The minimum absolute atomic E-state index is 0.215. The minimum atomic E-state index is -0.215. The van der Waals surface area contributed by atoms with Gasteiger partial charge in [0.05, 0.1) is 28.3 Å². The number of benzene rings is 1. The highest BCUT2D eigenvalue weighted by atomic mass is 35.5. The van der Waals surface area contributed by atoms with E-state index < -0.39 is 0 Å². The molecule has 0 aliphatic heterocycles. The quantitative estimate of drug-likeness (QED) is 0.850. The molecule has 0 saturated heterocycles. The van der Waals surface area contributed by atoms with Gasteiger partial charge in [0.25, 0.3) is 5.91 Å². The van der Waals surface area contributed by atoms with Crippen molar-refractivity contribution in [3.8, 4) is 0 Å². The molecule has 0 aliphatic rings. The fourth-order valence-electron chi connectivity index (χ4n) is 1.47. The van der Waals surface area contributed by atoms with Crippen LogP contribution < -0.4 is 11.1 Å². The van der Waals surface area contributed by atoms with E-state index in [0.717, 1.165) is 10.6 Å². The lowest BCUT2D eigenvalue weighted by Gasteiger charge is -2.06. The molecule has 1 amide bonds. The van der Waals surface area contributed by atoms with Crippen LogP contribution in [0.4, 0.5) is 5.69 Å². The highest BCUT2D eigenvalue weighted by Crippen LogP contribution is 2.19. The first kappa shape index (κ1) is 12.9. The predicted octanol–water partition coefficient (Wildman–Crippen LogP) is 2.62. The summed E-state index contributed by atoms with van der Waals surface area (Å²) in [6.07, 6.45) is 0. The lowest BCUT2D eigenvalue weighted by atomic mass is 10.2. The molecule has 3 N–H and O–H groups in total. The second kappa shape index (κ2) is 5.37. The number of halogens is 1. The fourth-order valence-corrected chi connectivity index (χ4v) is 2.46. The maximum Gasteiger partial charge on any atom is 0.253 e. The number of carbonyl (C=O) groups is 1. The van der Waals surface area contributed by atoms with Crippen LogP contribution in [0.15, 0.2) is 23.7 Å². The van der Waals surface area contributed by atoms with Gasteiger partial charge in [-0.05, 0) is 25.1 Å². The summed E-state index contributed by atoms with van der Waals surface area (Å²) in [5.74, 6) is -0.215. The number of aryl methyl sites for hydroxylation is 1. The van der Waals surface area contributed by atoms with Gasteiger partial charge in [-0.1, -0.05) is 11.6 Å². The Balaban J connectivity index is 2.06. The van der Waals surface area contributed by atoms with E-state index in [1.54, 1.807) is 23.7 Å². The number of thiazole rings is 1. The van der Waals surface area contributed by atoms with E-state index in [-0.39, 0.29) is 5.91 Å². The van der Waals surface area contributed by atoms with E-state index in [1.807, 2.05) is 6.92 Å². The molecule has 0 aliphatic carbocycles. The van der Waals surface area contributed by atoms with Crippen LogP contribution in [-0.2, 0) is 6.54 Å². The molecule has 0 spiro atoms. The Morgan fingerprint density at radius 1 is 1.56 bits per heavy atom. The molecule has 1 heterocycles. The number of hydrogen-bond acceptors (Lipinski definition) is 4. The average molecular weight is 282 g/mol. The summed E-state index contributed by atoms with van der Waals surface area (Å²) in [5.41, 5.74) is 9.23. The van der Waals surface area contributed by atoms with E-state index in [2.05, 4.69) is 10.3 Å². The Morgan fingerprint density at radius 2 is 2.33 bits per heavy atom. The first-order chi connectivity index (χ1) is 8.58. The second-order valence-electron chi connectivity index (χ2n) is 3.78. The number of nitrogens with two attached hydrogens (primary N) is 1. The largest absolute Gasteiger partial charge is 0.399 e. The van der Waals surface area contributed by atoms with Crippen molar-refractivity contribution >= 4 is 34.5 Å². The van der Waals surface area contributed by atoms with Gasteiger partial charge in [0.2, 0.25) is 0 Å². The molecule has 0 atom stereocenters. The van der Waals surface area contributed by atoms with Gasteiger partial charge in [-0.15, -0.1) is 11.3 Å². The monoisotopic (exact) mass is 281 g/mol. The van der Waals surface area contributed by atoms with Crippen molar-refractivity contribution in [3.05, 3.63) is 44.9 Å². The number of anilines is 1. The first-order valence-electron chi connectivity index (χ1n) is 5.30. The number of amides is 1. The molecular formula is C12H12ClN3OS. The van der Waals surface area contributed by atoms with E-state index in [1.165, 1.54) is 11.3 Å². The van der Waals surface area contributed by atoms with Crippen LogP contribution >= 0.6 is 22.9 Å². The van der Waals surface area contributed by atoms with Crippen LogP contribution in [0.3, 0.4) is 0 Å². The molecule has 0 radical (unpaired) electrons. The molecular weight excluding hydrogens is 270 g/mol. The van der Waals surface area contributed by atoms with E-state index in [4.69, 9.17) is 17.3 Å². The Kier molecular flexibility index (Phi) is 3.84. The van der Waals surface area contributed by atoms with Gasteiger partial charge in [-0.25, -0.2) is 4.98 Å². The van der Waals surface area contributed by atoms with Gasteiger partial charge in [0, 0.05) is 10.6 Å². The third-order valence-corrected chi connectivity index (χ3v) is 3.74. The molecule has 2 aromatic rings. The topological polar surface area (TPSA) is 68.0 Å². The standard InChI is InChI=1S/C12H12ClN3OS/c1-7-11(18-6-16-7)5-15-12(17)9-3-2-8(14)4-10(9)13/h2-4,6H,5,14H2,1H3,(H,15,17). The van der Waals surface area contributed by atoms with E-state index in [0.29, 0.717) is 22.8 Å². The van der Waals surface area contributed by atoms with Crippen molar-refractivity contribution in [1.29, 1.82) is 0 Å². The maximum absolute atomic E-state index is 11.9.